The highest BCUT2D eigenvalue weighted by molar-refractivity contribution is 6.06. The first-order chi connectivity index (χ1) is 14.2. The maximum atomic E-state index is 12.8. The number of para-hydroxylation sites is 1. The molecule has 152 valence electrons. The Bertz CT molecular complexity index is 878. The summed E-state index contributed by atoms with van der Waals surface area (Å²) in [5.74, 6) is 0.509. The fourth-order valence-corrected chi connectivity index (χ4v) is 3.84. The van der Waals surface area contributed by atoms with Crippen LogP contribution < -0.4 is 10.2 Å². The predicted molar refractivity (Wildman–Crippen MR) is 109 cm³/mol. The summed E-state index contributed by atoms with van der Waals surface area (Å²) in [6.07, 6.45) is 2.23. The van der Waals surface area contributed by atoms with Crippen molar-refractivity contribution in [2.24, 2.45) is 0 Å². The number of rotatable bonds is 4. The van der Waals surface area contributed by atoms with Gasteiger partial charge in [-0.3, -0.25) is 4.79 Å². The number of hydrogen-bond acceptors (Lipinski definition) is 6. The van der Waals surface area contributed by atoms with Gasteiger partial charge in [0.2, 0.25) is 0 Å². The number of nitrogens with zero attached hydrogens (tertiary/aromatic N) is 4. The Morgan fingerprint density at radius 2 is 1.90 bits per heavy atom. The van der Waals surface area contributed by atoms with Crippen LogP contribution in [0.15, 0.2) is 36.4 Å². The van der Waals surface area contributed by atoms with Gasteiger partial charge in [0.25, 0.3) is 5.91 Å². The molecule has 1 aromatic heterocycles. The number of carbonyl (C=O) groups is 2. The number of anilines is 2. The monoisotopic (exact) mass is 395 g/mol. The lowest BCUT2D eigenvalue weighted by Crippen LogP contribution is -2.42. The van der Waals surface area contributed by atoms with E-state index in [9.17, 15) is 9.59 Å². The van der Waals surface area contributed by atoms with Gasteiger partial charge in [0.05, 0.1) is 6.61 Å². The average Bonchev–Trinajstić information content (AvgIpc) is 3.19. The zero-order valence-corrected chi connectivity index (χ0v) is 16.5. The molecule has 4 rings (SSSR count). The van der Waals surface area contributed by atoms with Crippen LogP contribution in [0, 0.1) is 0 Å². The Labute approximate surface area is 169 Å². The number of nitrogens with one attached hydrogen (secondary N) is 1. The van der Waals surface area contributed by atoms with E-state index in [0.717, 1.165) is 24.9 Å². The molecule has 2 amide bonds. The molecule has 1 fully saturated rings. The van der Waals surface area contributed by atoms with Crippen molar-refractivity contribution in [3.63, 3.8) is 0 Å². The number of aromatic nitrogens is 2. The summed E-state index contributed by atoms with van der Waals surface area (Å²) < 4.78 is 5.04. The third-order valence-electron chi connectivity index (χ3n) is 5.39. The molecule has 0 unspecified atom stereocenters. The number of piperidine rings is 1. The fraction of sp³-hybridized carbons (Fsp3) is 0.429. The number of benzene rings is 1. The summed E-state index contributed by atoms with van der Waals surface area (Å²) in [4.78, 5) is 28.1. The third kappa shape index (κ3) is 4.16. The van der Waals surface area contributed by atoms with Gasteiger partial charge in [-0.1, -0.05) is 18.2 Å². The van der Waals surface area contributed by atoms with Crippen LogP contribution >= 0.6 is 0 Å². The lowest BCUT2D eigenvalue weighted by Gasteiger charge is -2.31. The highest BCUT2D eigenvalue weighted by atomic mass is 16.6. The number of carbonyl (C=O) groups excluding carboxylic acids is 2. The van der Waals surface area contributed by atoms with Gasteiger partial charge in [-0.25, -0.2) is 4.79 Å². The van der Waals surface area contributed by atoms with Crippen LogP contribution in [0.1, 0.15) is 35.8 Å². The molecule has 0 saturated carbocycles. The first kappa shape index (κ1) is 19.2. The molecule has 0 atom stereocenters. The largest absolute Gasteiger partial charge is 0.450 e. The van der Waals surface area contributed by atoms with Crippen molar-refractivity contribution in [1.29, 1.82) is 0 Å². The number of amides is 2. The summed E-state index contributed by atoms with van der Waals surface area (Å²) in [7, 11) is 0. The van der Waals surface area contributed by atoms with Crippen molar-refractivity contribution in [2.45, 2.75) is 32.2 Å². The van der Waals surface area contributed by atoms with E-state index in [1.54, 1.807) is 21.9 Å². The molecule has 1 N–H and O–H groups in total. The van der Waals surface area contributed by atoms with Gasteiger partial charge in [-0.15, -0.1) is 10.2 Å². The minimum absolute atomic E-state index is 0.128. The standard InChI is InChI=1S/C21H25N5O3/c1-2-29-21(28)25-12-10-16(11-13-25)22-19-8-7-17(23-24-19)20(27)26-14-9-15-5-3-4-6-18(15)26/h3-8,16H,2,9-14H2,1H3,(H,22,24). The van der Waals surface area contributed by atoms with Crippen molar-refractivity contribution in [1.82, 2.24) is 15.1 Å². The fourth-order valence-electron chi connectivity index (χ4n) is 3.84. The van der Waals surface area contributed by atoms with Gasteiger partial charge < -0.3 is 19.9 Å². The third-order valence-corrected chi connectivity index (χ3v) is 5.39. The van der Waals surface area contributed by atoms with E-state index in [4.69, 9.17) is 4.74 Å². The first-order valence-electron chi connectivity index (χ1n) is 10.1. The summed E-state index contributed by atoms with van der Waals surface area (Å²) in [6.45, 7) is 4.16. The van der Waals surface area contributed by atoms with Crippen LogP contribution in [0.2, 0.25) is 0 Å². The van der Waals surface area contributed by atoms with Gasteiger partial charge >= 0.3 is 6.09 Å². The molecule has 2 aromatic rings. The lowest BCUT2D eigenvalue weighted by molar-refractivity contribution is 0.0977. The lowest BCUT2D eigenvalue weighted by atomic mass is 10.1. The van der Waals surface area contributed by atoms with Crippen LogP contribution in [0.25, 0.3) is 0 Å². The van der Waals surface area contributed by atoms with E-state index >= 15 is 0 Å². The van der Waals surface area contributed by atoms with Crippen molar-refractivity contribution >= 4 is 23.5 Å². The zero-order valence-electron chi connectivity index (χ0n) is 16.5. The van der Waals surface area contributed by atoms with Gasteiger partial charge in [-0.2, -0.15) is 0 Å². The first-order valence-corrected chi connectivity index (χ1v) is 10.1. The molecule has 0 aliphatic carbocycles. The highest BCUT2D eigenvalue weighted by Crippen LogP contribution is 2.28. The molecule has 8 heteroatoms. The summed E-state index contributed by atoms with van der Waals surface area (Å²) >= 11 is 0. The smallest absolute Gasteiger partial charge is 0.409 e. The Balaban J connectivity index is 1.33. The van der Waals surface area contributed by atoms with Crippen molar-refractivity contribution in [3.8, 4) is 0 Å². The second-order valence-corrected chi connectivity index (χ2v) is 7.24. The minimum Gasteiger partial charge on any atom is -0.450 e. The van der Waals surface area contributed by atoms with Crippen LogP contribution in [-0.2, 0) is 11.2 Å². The van der Waals surface area contributed by atoms with Crippen molar-refractivity contribution in [3.05, 3.63) is 47.7 Å². The van der Waals surface area contributed by atoms with E-state index in [0.29, 0.717) is 37.8 Å². The summed E-state index contributed by atoms with van der Waals surface area (Å²) in [6, 6.07) is 11.7. The highest BCUT2D eigenvalue weighted by Gasteiger charge is 2.27. The van der Waals surface area contributed by atoms with Gasteiger partial charge in [-0.05, 0) is 49.9 Å². The molecule has 2 aliphatic heterocycles. The van der Waals surface area contributed by atoms with Crippen molar-refractivity contribution in [2.75, 3.05) is 36.5 Å². The van der Waals surface area contributed by atoms with E-state index in [2.05, 4.69) is 21.6 Å². The van der Waals surface area contributed by atoms with E-state index < -0.39 is 0 Å². The van der Waals surface area contributed by atoms with Crippen LogP contribution in [-0.4, -0.2) is 59.4 Å². The van der Waals surface area contributed by atoms with Crippen LogP contribution in [0.3, 0.4) is 0 Å². The molecule has 3 heterocycles. The minimum atomic E-state index is -0.253. The van der Waals surface area contributed by atoms with Gasteiger partial charge in [0.1, 0.15) is 5.82 Å². The van der Waals surface area contributed by atoms with Crippen molar-refractivity contribution < 1.29 is 14.3 Å². The predicted octanol–water partition coefficient (Wildman–Crippen LogP) is 2.71. The normalized spacial score (nSPS) is 16.4. The second-order valence-electron chi connectivity index (χ2n) is 7.24. The maximum Gasteiger partial charge on any atom is 0.409 e. The molecule has 29 heavy (non-hydrogen) atoms. The van der Waals surface area contributed by atoms with Crippen LogP contribution in [0.4, 0.5) is 16.3 Å². The molecule has 0 radical (unpaired) electrons. The van der Waals surface area contributed by atoms with E-state index in [-0.39, 0.29) is 18.0 Å². The number of ether oxygens (including phenoxy) is 1. The topological polar surface area (TPSA) is 87.7 Å². The zero-order chi connectivity index (χ0) is 20.2. The van der Waals surface area contributed by atoms with E-state index in [1.165, 1.54) is 5.56 Å². The SMILES string of the molecule is CCOC(=O)N1CCC(Nc2ccc(C(=O)N3CCc4ccccc43)nn2)CC1. The average molecular weight is 395 g/mol. The molecule has 8 nitrogen and oxygen atoms in total. The number of hydrogen-bond donors (Lipinski definition) is 1. The maximum absolute atomic E-state index is 12.8. The summed E-state index contributed by atoms with van der Waals surface area (Å²) in [5, 5.41) is 11.7. The molecule has 0 spiro atoms. The Hall–Kier alpha value is -3.16. The molecule has 0 bridgehead atoms. The quantitative estimate of drug-likeness (QED) is 0.856. The van der Waals surface area contributed by atoms with E-state index in [1.807, 2.05) is 25.1 Å². The number of fused-ring (bicyclic) bond motifs is 1. The molecule has 2 aliphatic rings. The Morgan fingerprint density at radius 3 is 2.62 bits per heavy atom. The second kappa shape index (κ2) is 8.46. The number of likely N-dealkylation sites (tertiary alicyclic amines) is 1. The summed E-state index contributed by atoms with van der Waals surface area (Å²) in [5.41, 5.74) is 2.47. The van der Waals surface area contributed by atoms with Crippen LogP contribution in [0.5, 0.6) is 0 Å². The van der Waals surface area contributed by atoms with Gasteiger partial charge in [0, 0.05) is 31.4 Å². The molecule has 1 aromatic carbocycles. The Morgan fingerprint density at radius 1 is 1.10 bits per heavy atom. The molecular weight excluding hydrogens is 370 g/mol. The molecular formula is C21H25N5O3. The molecule has 1 saturated heterocycles. The Kier molecular flexibility index (Phi) is 5.59. The van der Waals surface area contributed by atoms with Gasteiger partial charge in [0.15, 0.2) is 5.69 Å².